The van der Waals surface area contributed by atoms with Crippen LogP contribution in [-0.4, -0.2) is 27.3 Å². The van der Waals surface area contributed by atoms with Crippen LogP contribution < -0.4 is 0 Å². The molecule has 0 aliphatic carbocycles. The van der Waals surface area contributed by atoms with E-state index in [0.717, 1.165) is 6.20 Å². The highest BCUT2D eigenvalue weighted by atomic mass is 19.4. The molecule has 0 atom stereocenters. The van der Waals surface area contributed by atoms with E-state index in [1.54, 1.807) is 19.1 Å². The lowest BCUT2D eigenvalue weighted by Gasteiger charge is -2.12. The van der Waals surface area contributed by atoms with Gasteiger partial charge in [0.2, 0.25) is 0 Å². The number of esters is 1. The quantitative estimate of drug-likeness (QED) is 0.818. The highest BCUT2D eigenvalue weighted by Gasteiger charge is 2.41. The van der Waals surface area contributed by atoms with E-state index in [9.17, 15) is 18.0 Å². The number of hydrogen-bond donors (Lipinski definition) is 0. The summed E-state index contributed by atoms with van der Waals surface area (Å²) in [5.41, 5.74) is -1.29. The van der Waals surface area contributed by atoms with Crippen LogP contribution in [0.5, 0.6) is 0 Å². The number of rotatable bonds is 3. The number of nitrogens with zero attached hydrogens (tertiary/aromatic N) is 3. The van der Waals surface area contributed by atoms with Crippen molar-refractivity contribution in [2.75, 3.05) is 6.61 Å². The molecule has 2 aromatic heterocycles. The van der Waals surface area contributed by atoms with Crippen molar-refractivity contribution in [1.82, 2.24) is 14.8 Å². The minimum atomic E-state index is -4.76. The average molecular weight is 299 g/mol. The highest BCUT2D eigenvalue weighted by Crippen LogP contribution is 2.33. The number of pyridine rings is 1. The van der Waals surface area contributed by atoms with E-state index in [1.165, 1.54) is 13.0 Å². The number of aromatic nitrogens is 3. The number of alkyl halides is 3. The maximum Gasteiger partial charge on any atom is 0.434 e. The van der Waals surface area contributed by atoms with Crippen LogP contribution in [0.2, 0.25) is 0 Å². The minimum absolute atomic E-state index is 0.0159. The number of halogens is 3. The fourth-order valence-electron chi connectivity index (χ4n) is 1.80. The summed E-state index contributed by atoms with van der Waals surface area (Å²) in [6.45, 7) is 3.13. The molecule has 0 bridgehead atoms. The van der Waals surface area contributed by atoms with E-state index < -0.39 is 23.4 Å². The molecule has 112 valence electrons. The fourth-order valence-corrected chi connectivity index (χ4v) is 1.80. The zero-order valence-electron chi connectivity index (χ0n) is 11.3. The van der Waals surface area contributed by atoms with Gasteiger partial charge in [-0.1, -0.05) is 6.07 Å². The summed E-state index contributed by atoms with van der Waals surface area (Å²) in [6, 6.07) is 4.58. The maximum atomic E-state index is 13.2. The van der Waals surface area contributed by atoms with Gasteiger partial charge in [0.1, 0.15) is 5.56 Å². The van der Waals surface area contributed by atoms with Crippen molar-refractivity contribution in [1.29, 1.82) is 0 Å². The Kier molecular flexibility index (Phi) is 3.97. The Morgan fingerprint density at radius 3 is 2.67 bits per heavy atom. The SMILES string of the molecule is CCOC(=O)c1cnn(-c2cccc(C)n2)c1C(F)(F)F. The standard InChI is InChI=1S/C13H12F3N3O2/c1-3-21-12(20)9-7-17-19(11(9)13(14,15)16)10-6-4-5-8(2)18-10/h4-7H,3H2,1-2H3. The molecule has 0 radical (unpaired) electrons. The maximum absolute atomic E-state index is 13.2. The molecule has 0 unspecified atom stereocenters. The van der Waals surface area contributed by atoms with Gasteiger partial charge in [0.05, 0.1) is 12.8 Å². The summed E-state index contributed by atoms with van der Waals surface area (Å²) in [4.78, 5) is 15.6. The third-order valence-corrected chi connectivity index (χ3v) is 2.62. The van der Waals surface area contributed by atoms with Gasteiger partial charge in [0.15, 0.2) is 11.5 Å². The van der Waals surface area contributed by atoms with Crippen molar-refractivity contribution >= 4 is 5.97 Å². The third-order valence-electron chi connectivity index (χ3n) is 2.62. The molecule has 0 aliphatic rings. The van der Waals surface area contributed by atoms with Crippen molar-refractivity contribution in [2.45, 2.75) is 20.0 Å². The largest absolute Gasteiger partial charge is 0.462 e. The van der Waals surface area contributed by atoms with Crippen molar-refractivity contribution in [2.24, 2.45) is 0 Å². The first-order valence-electron chi connectivity index (χ1n) is 6.11. The van der Waals surface area contributed by atoms with Crippen molar-refractivity contribution in [3.8, 4) is 5.82 Å². The van der Waals surface area contributed by atoms with Crippen molar-refractivity contribution < 1.29 is 22.7 Å². The van der Waals surface area contributed by atoms with E-state index >= 15 is 0 Å². The number of aryl methyl sites for hydroxylation is 1. The Labute approximate surface area is 118 Å². The van der Waals surface area contributed by atoms with Crippen molar-refractivity contribution in [3.63, 3.8) is 0 Å². The molecule has 0 aliphatic heterocycles. The van der Waals surface area contributed by atoms with Gasteiger partial charge in [-0.25, -0.2) is 14.5 Å². The van der Waals surface area contributed by atoms with Gasteiger partial charge in [0, 0.05) is 5.69 Å². The molecule has 2 aromatic rings. The van der Waals surface area contributed by atoms with Gasteiger partial charge in [0.25, 0.3) is 0 Å². The van der Waals surface area contributed by atoms with Gasteiger partial charge >= 0.3 is 12.1 Å². The van der Waals surface area contributed by atoms with Crippen LogP contribution in [0.1, 0.15) is 28.7 Å². The monoisotopic (exact) mass is 299 g/mol. The van der Waals surface area contributed by atoms with Crippen LogP contribution in [0.4, 0.5) is 13.2 Å². The van der Waals surface area contributed by atoms with Gasteiger partial charge in [-0.05, 0) is 26.0 Å². The zero-order valence-corrected chi connectivity index (χ0v) is 11.3. The second kappa shape index (κ2) is 5.55. The van der Waals surface area contributed by atoms with Crippen LogP contribution >= 0.6 is 0 Å². The van der Waals surface area contributed by atoms with E-state index in [4.69, 9.17) is 0 Å². The summed E-state index contributed by atoms with van der Waals surface area (Å²) in [7, 11) is 0. The number of hydrogen-bond acceptors (Lipinski definition) is 4. The second-order valence-electron chi connectivity index (χ2n) is 4.17. The molecule has 0 saturated heterocycles. The average Bonchev–Trinajstić information content (AvgIpc) is 2.83. The normalized spacial score (nSPS) is 11.5. The topological polar surface area (TPSA) is 57.0 Å². The van der Waals surface area contributed by atoms with E-state index in [1.807, 2.05) is 0 Å². The molecule has 0 aromatic carbocycles. The summed E-state index contributed by atoms with van der Waals surface area (Å²) in [5, 5.41) is 3.63. The van der Waals surface area contributed by atoms with E-state index in [-0.39, 0.29) is 12.4 Å². The van der Waals surface area contributed by atoms with Crippen LogP contribution in [0.3, 0.4) is 0 Å². The zero-order chi connectivity index (χ0) is 15.6. The molecule has 0 spiro atoms. The fraction of sp³-hybridized carbons (Fsp3) is 0.308. The van der Waals surface area contributed by atoms with Crippen molar-refractivity contribution in [3.05, 3.63) is 41.3 Å². The minimum Gasteiger partial charge on any atom is -0.462 e. The molecule has 5 nitrogen and oxygen atoms in total. The summed E-state index contributed by atoms with van der Waals surface area (Å²) >= 11 is 0. The molecule has 2 heterocycles. The molecule has 0 saturated carbocycles. The molecule has 0 amide bonds. The van der Waals surface area contributed by atoms with Crippen LogP contribution in [-0.2, 0) is 10.9 Å². The van der Waals surface area contributed by atoms with Gasteiger partial charge in [-0.3, -0.25) is 0 Å². The van der Waals surface area contributed by atoms with Gasteiger partial charge in [-0.15, -0.1) is 0 Å². The molecule has 8 heteroatoms. The number of carbonyl (C=O) groups is 1. The van der Waals surface area contributed by atoms with Gasteiger partial charge < -0.3 is 4.74 Å². The Balaban J connectivity index is 2.60. The predicted octanol–water partition coefficient (Wildman–Crippen LogP) is 2.77. The predicted molar refractivity (Wildman–Crippen MR) is 67.1 cm³/mol. The molecule has 21 heavy (non-hydrogen) atoms. The second-order valence-corrected chi connectivity index (χ2v) is 4.17. The van der Waals surface area contributed by atoms with E-state index in [2.05, 4.69) is 14.8 Å². The van der Waals surface area contributed by atoms with Gasteiger partial charge in [-0.2, -0.15) is 18.3 Å². The number of carbonyl (C=O) groups excluding carboxylic acids is 1. The first-order valence-corrected chi connectivity index (χ1v) is 6.11. The Hall–Kier alpha value is -2.38. The molecular formula is C13H12F3N3O2. The number of ether oxygens (including phenoxy) is 1. The first kappa shape index (κ1) is 15.0. The summed E-state index contributed by atoms with van der Waals surface area (Å²) < 4.78 is 44.9. The first-order chi connectivity index (χ1) is 9.84. The summed E-state index contributed by atoms with van der Waals surface area (Å²) in [5.74, 6) is -1.08. The molecule has 0 N–H and O–H groups in total. The molecular weight excluding hydrogens is 287 g/mol. The van der Waals surface area contributed by atoms with E-state index in [0.29, 0.717) is 10.4 Å². The van der Waals surface area contributed by atoms with Crippen LogP contribution in [0.15, 0.2) is 24.4 Å². The Morgan fingerprint density at radius 2 is 2.10 bits per heavy atom. The lowest BCUT2D eigenvalue weighted by Crippen LogP contribution is -2.19. The van der Waals surface area contributed by atoms with Crippen LogP contribution in [0.25, 0.3) is 5.82 Å². The molecule has 2 rings (SSSR count). The highest BCUT2D eigenvalue weighted by molar-refractivity contribution is 5.90. The van der Waals surface area contributed by atoms with Crippen LogP contribution in [0, 0.1) is 6.92 Å². The molecule has 0 fully saturated rings. The summed E-state index contributed by atoms with van der Waals surface area (Å²) in [6.07, 6.45) is -3.92. The lowest BCUT2D eigenvalue weighted by molar-refractivity contribution is -0.143. The Bertz CT molecular complexity index is 665. The smallest absolute Gasteiger partial charge is 0.434 e. The third kappa shape index (κ3) is 3.04. The lowest BCUT2D eigenvalue weighted by atomic mass is 10.2. The Morgan fingerprint density at radius 1 is 1.38 bits per heavy atom.